The first-order valence-corrected chi connectivity index (χ1v) is 6.09. The first-order chi connectivity index (χ1) is 8.77. The van der Waals surface area contributed by atoms with E-state index in [9.17, 15) is 4.79 Å². The maximum absolute atomic E-state index is 11.9. The predicted molar refractivity (Wildman–Crippen MR) is 71.1 cm³/mol. The van der Waals surface area contributed by atoms with E-state index >= 15 is 0 Å². The second-order valence-electron chi connectivity index (χ2n) is 3.81. The lowest BCUT2D eigenvalue weighted by Crippen LogP contribution is -2.05. The minimum Gasteiger partial charge on any atom is -0.493 e. The van der Waals surface area contributed by atoms with E-state index in [1.807, 2.05) is 37.3 Å². The van der Waals surface area contributed by atoms with Crippen LogP contribution in [0.4, 0.5) is 0 Å². The standard InChI is InChI=1S/C15H16O3/c1-3-17-14-10-9-13(15(16)18-4-2)11-7-5-6-8-12(11)14/h5-10H,3-4H2,1-2H3. The zero-order chi connectivity index (χ0) is 13.0. The van der Waals surface area contributed by atoms with Crippen LogP contribution in [0, 0.1) is 0 Å². The van der Waals surface area contributed by atoms with Crippen molar-refractivity contribution in [2.24, 2.45) is 0 Å². The number of carbonyl (C=O) groups excluding carboxylic acids is 1. The Morgan fingerprint density at radius 2 is 1.72 bits per heavy atom. The normalized spacial score (nSPS) is 10.3. The summed E-state index contributed by atoms with van der Waals surface area (Å²) in [5.41, 5.74) is 0.580. The smallest absolute Gasteiger partial charge is 0.338 e. The fourth-order valence-corrected chi connectivity index (χ4v) is 1.94. The van der Waals surface area contributed by atoms with E-state index in [-0.39, 0.29) is 5.97 Å². The number of fused-ring (bicyclic) bond motifs is 1. The Bertz CT molecular complexity index is 561. The average Bonchev–Trinajstić information content (AvgIpc) is 2.39. The van der Waals surface area contributed by atoms with Crippen LogP contribution in [0.2, 0.25) is 0 Å². The van der Waals surface area contributed by atoms with Crippen LogP contribution in [0.5, 0.6) is 5.75 Å². The third-order valence-corrected chi connectivity index (χ3v) is 2.68. The molecular weight excluding hydrogens is 228 g/mol. The van der Waals surface area contributed by atoms with Crippen LogP contribution in [0.1, 0.15) is 24.2 Å². The first-order valence-electron chi connectivity index (χ1n) is 6.09. The highest BCUT2D eigenvalue weighted by molar-refractivity contribution is 6.06. The van der Waals surface area contributed by atoms with Gasteiger partial charge in [0.05, 0.1) is 18.8 Å². The number of hydrogen-bond acceptors (Lipinski definition) is 3. The summed E-state index contributed by atoms with van der Waals surface area (Å²) in [5, 5.41) is 1.80. The Labute approximate surface area is 106 Å². The van der Waals surface area contributed by atoms with Gasteiger partial charge in [-0.05, 0) is 31.4 Å². The molecule has 18 heavy (non-hydrogen) atoms. The molecule has 0 unspecified atom stereocenters. The highest BCUT2D eigenvalue weighted by Crippen LogP contribution is 2.28. The molecule has 0 aliphatic heterocycles. The van der Waals surface area contributed by atoms with Crippen LogP contribution in [0.3, 0.4) is 0 Å². The van der Waals surface area contributed by atoms with Crippen molar-refractivity contribution in [2.45, 2.75) is 13.8 Å². The van der Waals surface area contributed by atoms with Gasteiger partial charge in [-0.2, -0.15) is 0 Å². The zero-order valence-electron chi connectivity index (χ0n) is 10.6. The van der Waals surface area contributed by atoms with Crippen LogP contribution >= 0.6 is 0 Å². The van der Waals surface area contributed by atoms with Crippen molar-refractivity contribution in [3.8, 4) is 5.75 Å². The molecular formula is C15H16O3. The molecule has 3 nitrogen and oxygen atoms in total. The van der Waals surface area contributed by atoms with Gasteiger partial charge in [0.15, 0.2) is 0 Å². The summed E-state index contributed by atoms with van der Waals surface area (Å²) in [6.45, 7) is 4.71. The van der Waals surface area contributed by atoms with Gasteiger partial charge in [0.2, 0.25) is 0 Å². The van der Waals surface area contributed by atoms with E-state index in [2.05, 4.69) is 0 Å². The van der Waals surface area contributed by atoms with Crippen molar-refractivity contribution in [3.05, 3.63) is 42.0 Å². The molecule has 2 rings (SSSR count). The molecule has 0 saturated carbocycles. The van der Waals surface area contributed by atoms with E-state index in [1.165, 1.54) is 0 Å². The molecule has 2 aromatic carbocycles. The molecule has 0 N–H and O–H groups in total. The molecule has 3 heteroatoms. The Kier molecular flexibility index (Phi) is 3.82. The number of benzene rings is 2. The third kappa shape index (κ3) is 2.30. The summed E-state index contributed by atoms with van der Waals surface area (Å²) in [6.07, 6.45) is 0. The molecule has 0 bridgehead atoms. The van der Waals surface area contributed by atoms with Crippen LogP contribution in [0.15, 0.2) is 36.4 Å². The van der Waals surface area contributed by atoms with Crippen LogP contribution in [-0.2, 0) is 4.74 Å². The van der Waals surface area contributed by atoms with Crippen molar-refractivity contribution >= 4 is 16.7 Å². The third-order valence-electron chi connectivity index (χ3n) is 2.68. The van der Waals surface area contributed by atoms with Crippen molar-refractivity contribution in [1.29, 1.82) is 0 Å². The van der Waals surface area contributed by atoms with Crippen LogP contribution in [0.25, 0.3) is 10.8 Å². The van der Waals surface area contributed by atoms with E-state index in [4.69, 9.17) is 9.47 Å². The maximum atomic E-state index is 11.9. The lowest BCUT2D eigenvalue weighted by atomic mass is 10.0. The van der Waals surface area contributed by atoms with Gasteiger partial charge in [-0.1, -0.05) is 24.3 Å². The van der Waals surface area contributed by atoms with Crippen molar-refractivity contribution in [3.63, 3.8) is 0 Å². The second-order valence-corrected chi connectivity index (χ2v) is 3.81. The highest BCUT2D eigenvalue weighted by Gasteiger charge is 2.13. The van der Waals surface area contributed by atoms with Gasteiger partial charge in [0.1, 0.15) is 5.75 Å². The Morgan fingerprint density at radius 1 is 1.00 bits per heavy atom. The predicted octanol–water partition coefficient (Wildman–Crippen LogP) is 3.42. The van der Waals surface area contributed by atoms with E-state index in [0.717, 1.165) is 16.5 Å². The number of ether oxygens (including phenoxy) is 2. The Hall–Kier alpha value is -2.03. The van der Waals surface area contributed by atoms with E-state index in [1.54, 1.807) is 13.0 Å². The number of carbonyl (C=O) groups is 1. The topological polar surface area (TPSA) is 35.5 Å². The van der Waals surface area contributed by atoms with Gasteiger partial charge in [-0.25, -0.2) is 4.79 Å². The van der Waals surface area contributed by atoms with Gasteiger partial charge < -0.3 is 9.47 Å². The zero-order valence-corrected chi connectivity index (χ0v) is 10.6. The highest BCUT2D eigenvalue weighted by atomic mass is 16.5. The molecule has 0 radical (unpaired) electrons. The summed E-state index contributed by atoms with van der Waals surface area (Å²) in [5.74, 6) is 0.498. The SMILES string of the molecule is CCOC(=O)c1ccc(OCC)c2ccccc12. The fourth-order valence-electron chi connectivity index (χ4n) is 1.94. The number of esters is 1. The molecule has 0 atom stereocenters. The summed E-state index contributed by atoms with van der Waals surface area (Å²) in [6, 6.07) is 11.3. The summed E-state index contributed by atoms with van der Waals surface area (Å²) in [7, 11) is 0. The summed E-state index contributed by atoms with van der Waals surface area (Å²) < 4.78 is 10.6. The van der Waals surface area contributed by atoms with Crippen LogP contribution < -0.4 is 4.74 Å². The van der Waals surface area contributed by atoms with E-state index in [0.29, 0.717) is 18.8 Å². The van der Waals surface area contributed by atoms with Gasteiger partial charge in [0, 0.05) is 5.39 Å². The van der Waals surface area contributed by atoms with Gasteiger partial charge in [0.25, 0.3) is 0 Å². The molecule has 0 amide bonds. The summed E-state index contributed by atoms with van der Waals surface area (Å²) in [4.78, 5) is 11.9. The average molecular weight is 244 g/mol. The van der Waals surface area contributed by atoms with Gasteiger partial charge >= 0.3 is 5.97 Å². The quantitative estimate of drug-likeness (QED) is 0.773. The summed E-state index contributed by atoms with van der Waals surface area (Å²) >= 11 is 0. The lowest BCUT2D eigenvalue weighted by Gasteiger charge is -2.10. The Morgan fingerprint density at radius 3 is 2.39 bits per heavy atom. The number of rotatable bonds is 4. The molecule has 0 spiro atoms. The molecule has 0 saturated heterocycles. The molecule has 0 fully saturated rings. The molecule has 0 heterocycles. The lowest BCUT2D eigenvalue weighted by molar-refractivity contribution is 0.0528. The largest absolute Gasteiger partial charge is 0.493 e. The second kappa shape index (κ2) is 5.54. The molecule has 0 aliphatic carbocycles. The molecule has 0 aromatic heterocycles. The van der Waals surface area contributed by atoms with Crippen LogP contribution in [-0.4, -0.2) is 19.2 Å². The van der Waals surface area contributed by atoms with Crippen molar-refractivity contribution < 1.29 is 14.3 Å². The monoisotopic (exact) mass is 244 g/mol. The minimum atomic E-state index is -0.295. The molecule has 0 aliphatic rings. The minimum absolute atomic E-state index is 0.295. The Balaban J connectivity index is 2.57. The van der Waals surface area contributed by atoms with E-state index < -0.39 is 0 Å². The maximum Gasteiger partial charge on any atom is 0.338 e. The fraction of sp³-hybridized carbons (Fsp3) is 0.267. The van der Waals surface area contributed by atoms with Crippen molar-refractivity contribution in [2.75, 3.05) is 13.2 Å². The molecule has 94 valence electrons. The van der Waals surface area contributed by atoms with Gasteiger partial charge in [-0.3, -0.25) is 0 Å². The number of hydrogen-bond donors (Lipinski definition) is 0. The first kappa shape index (κ1) is 12.4. The van der Waals surface area contributed by atoms with Crippen molar-refractivity contribution in [1.82, 2.24) is 0 Å². The molecule has 2 aromatic rings. The van der Waals surface area contributed by atoms with Gasteiger partial charge in [-0.15, -0.1) is 0 Å².